The second-order valence-corrected chi connectivity index (χ2v) is 7.95. The van der Waals surface area contributed by atoms with Crippen LogP contribution in [0.5, 0.6) is 0 Å². The average molecular weight is 296 g/mol. The van der Waals surface area contributed by atoms with Crippen LogP contribution in [-0.2, 0) is 13.6 Å². The van der Waals surface area contributed by atoms with Gasteiger partial charge in [-0.25, -0.2) is 4.79 Å². The third kappa shape index (κ3) is 5.86. The van der Waals surface area contributed by atoms with E-state index in [1.54, 1.807) is 12.1 Å². The van der Waals surface area contributed by atoms with Crippen molar-refractivity contribution < 1.29 is 18.4 Å². The first-order chi connectivity index (χ1) is 9.61. The van der Waals surface area contributed by atoms with Crippen molar-refractivity contribution >= 4 is 14.5 Å². The quantitative estimate of drug-likeness (QED) is 0.398. The summed E-state index contributed by atoms with van der Waals surface area (Å²) in [6.45, 7) is 7.72. The maximum absolute atomic E-state index is 11.7. The van der Waals surface area contributed by atoms with Crippen LogP contribution < -0.4 is 0 Å². The maximum Gasteiger partial charge on any atom is 0.338 e. The smallest absolute Gasteiger partial charge is 0.338 e. The SMILES string of the molecule is CCO[Si](C)(CCCOC(=O)c1ccccc1)OCC. The first kappa shape index (κ1) is 16.9. The van der Waals surface area contributed by atoms with Crippen molar-refractivity contribution in [3.63, 3.8) is 0 Å². The molecule has 0 aliphatic carbocycles. The lowest BCUT2D eigenvalue weighted by Gasteiger charge is -2.25. The van der Waals surface area contributed by atoms with Gasteiger partial charge in [0, 0.05) is 13.2 Å². The lowest BCUT2D eigenvalue weighted by Crippen LogP contribution is -2.38. The Hall–Kier alpha value is -1.17. The molecule has 0 atom stereocenters. The summed E-state index contributed by atoms with van der Waals surface area (Å²) in [6.07, 6.45) is 0.765. The van der Waals surface area contributed by atoms with Gasteiger partial charge in [0.05, 0.1) is 12.2 Å². The zero-order chi connectivity index (χ0) is 14.8. The van der Waals surface area contributed by atoms with Crippen molar-refractivity contribution in [3.05, 3.63) is 35.9 Å². The largest absolute Gasteiger partial charge is 0.462 e. The summed E-state index contributed by atoms with van der Waals surface area (Å²) in [5.74, 6) is -0.276. The second kappa shape index (κ2) is 8.89. The molecule has 0 heterocycles. The van der Waals surface area contributed by atoms with Crippen LogP contribution in [-0.4, -0.2) is 34.4 Å². The first-order valence-corrected chi connectivity index (χ1v) is 9.63. The number of benzene rings is 1. The molecular weight excluding hydrogens is 272 g/mol. The van der Waals surface area contributed by atoms with Gasteiger partial charge in [0.2, 0.25) is 0 Å². The molecule has 1 aromatic carbocycles. The van der Waals surface area contributed by atoms with Gasteiger partial charge in [-0.2, -0.15) is 0 Å². The minimum absolute atomic E-state index is 0.276. The monoisotopic (exact) mass is 296 g/mol. The van der Waals surface area contributed by atoms with Crippen molar-refractivity contribution in [1.29, 1.82) is 0 Å². The van der Waals surface area contributed by atoms with Gasteiger partial charge in [-0.15, -0.1) is 0 Å². The summed E-state index contributed by atoms with van der Waals surface area (Å²) in [6, 6.07) is 9.85. The van der Waals surface area contributed by atoms with Gasteiger partial charge in [0.1, 0.15) is 0 Å². The zero-order valence-electron chi connectivity index (χ0n) is 12.6. The Morgan fingerprint density at radius 3 is 2.25 bits per heavy atom. The van der Waals surface area contributed by atoms with Gasteiger partial charge >= 0.3 is 14.5 Å². The molecule has 0 radical (unpaired) electrons. The summed E-state index contributed by atoms with van der Waals surface area (Å²) in [4.78, 5) is 11.7. The number of carbonyl (C=O) groups is 1. The lowest BCUT2D eigenvalue weighted by molar-refractivity contribution is 0.0500. The highest BCUT2D eigenvalue weighted by Crippen LogP contribution is 2.16. The molecule has 20 heavy (non-hydrogen) atoms. The number of rotatable bonds is 9. The van der Waals surface area contributed by atoms with Gasteiger partial charge in [-0.05, 0) is 45.0 Å². The third-order valence-electron chi connectivity index (χ3n) is 2.92. The van der Waals surface area contributed by atoms with Crippen LogP contribution in [0.15, 0.2) is 30.3 Å². The molecule has 0 N–H and O–H groups in total. The molecule has 0 amide bonds. The van der Waals surface area contributed by atoms with Gasteiger partial charge in [0.25, 0.3) is 0 Å². The van der Waals surface area contributed by atoms with Crippen LogP contribution in [0, 0.1) is 0 Å². The van der Waals surface area contributed by atoms with Crippen molar-refractivity contribution in [3.8, 4) is 0 Å². The van der Waals surface area contributed by atoms with Gasteiger partial charge in [0.15, 0.2) is 0 Å². The number of carbonyl (C=O) groups excluding carboxylic acids is 1. The molecule has 0 spiro atoms. The van der Waals surface area contributed by atoms with E-state index in [0.717, 1.165) is 12.5 Å². The normalized spacial score (nSPS) is 11.3. The fraction of sp³-hybridized carbons (Fsp3) is 0.533. The molecule has 1 rings (SSSR count). The molecule has 0 fully saturated rings. The molecule has 0 aromatic heterocycles. The fourth-order valence-electron chi connectivity index (χ4n) is 2.01. The van der Waals surface area contributed by atoms with Crippen LogP contribution >= 0.6 is 0 Å². The van der Waals surface area contributed by atoms with Gasteiger partial charge in [-0.1, -0.05) is 18.2 Å². The minimum atomic E-state index is -2.09. The Kier molecular flexibility index (Phi) is 7.50. The van der Waals surface area contributed by atoms with Gasteiger partial charge in [-0.3, -0.25) is 0 Å². The molecular formula is C15H24O4Si. The van der Waals surface area contributed by atoms with Crippen LogP contribution in [0.4, 0.5) is 0 Å². The topological polar surface area (TPSA) is 44.8 Å². The number of esters is 1. The molecule has 0 aliphatic heterocycles. The lowest BCUT2D eigenvalue weighted by atomic mass is 10.2. The van der Waals surface area contributed by atoms with E-state index in [1.165, 1.54) is 0 Å². The molecule has 0 saturated carbocycles. The Balaban J connectivity index is 2.31. The average Bonchev–Trinajstić information content (AvgIpc) is 2.45. The zero-order valence-corrected chi connectivity index (χ0v) is 13.6. The van der Waals surface area contributed by atoms with E-state index in [1.807, 2.05) is 32.0 Å². The summed E-state index contributed by atoms with van der Waals surface area (Å²) in [5, 5.41) is 0. The summed E-state index contributed by atoms with van der Waals surface area (Å²) in [7, 11) is -2.09. The second-order valence-electron chi connectivity index (χ2n) is 4.61. The van der Waals surface area contributed by atoms with E-state index in [9.17, 15) is 4.79 Å². The molecule has 0 saturated heterocycles. The number of hydrogen-bond acceptors (Lipinski definition) is 4. The highest BCUT2D eigenvalue weighted by Gasteiger charge is 2.30. The van der Waals surface area contributed by atoms with Gasteiger partial charge < -0.3 is 13.6 Å². The van der Waals surface area contributed by atoms with Crippen LogP contribution in [0.25, 0.3) is 0 Å². The summed E-state index contributed by atoms with van der Waals surface area (Å²) < 4.78 is 16.7. The first-order valence-electron chi connectivity index (χ1n) is 7.11. The fourth-order valence-corrected chi connectivity index (χ4v) is 4.39. The van der Waals surface area contributed by atoms with Crippen LogP contribution in [0.2, 0.25) is 12.6 Å². The van der Waals surface area contributed by atoms with Crippen molar-refractivity contribution in [2.75, 3.05) is 19.8 Å². The maximum atomic E-state index is 11.7. The van der Waals surface area contributed by atoms with E-state index in [4.69, 9.17) is 13.6 Å². The number of hydrogen-bond donors (Lipinski definition) is 0. The summed E-state index contributed by atoms with van der Waals surface area (Å²) >= 11 is 0. The standard InChI is InChI=1S/C15H24O4Si/c1-4-18-20(3,19-5-2)13-9-12-17-15(16)14-10-7-6-8-11-14/h6-8,10-11H,4-5,9,12-13H2,1-3H3. The van der Waals surface area contributed by atoms with E-state index < -0.39 is 8.56 Å². The molecule has 0 aliphatic rings. The number of ether oxygens (including phenoxy) is 1. The molecule has 5 heteroatoms. The van der Waals surface area contributed by atoms with E-state index >= 15 is 0 Å². The molecule has 0 unspecified atom stereocenters. The van der Waals surface area contributed by atoms with Crippen LogP contribution in [0.3, 0.4) is 0 Å². The summed E-state index contributed by atoms with van der Waals surface area (Å²) in [5.41, 5.74) is 0.585. The Bertz CT molecular complexity index is 388. The van der Waals surface area contributed by atoms with E-state index in [0.29, 0.717) is 25.4 Å². The van der Waals surface area contributed by atoms with Crippen molar-refractivity contribution in [1.82, 2.24) is 0 Å². The molecule has 112 valence electrons. The van der Waals surface area contributed by atoms with E-state index in [-0.39, 0.29) is 5.97 Å². The highest BCUT2D eigenvalue weighted by atomic mass is 28.4. The third-order valence-corrected chi connectivity index (χ3v) is 5.98. The van der Waals surface area contributed by atoms with E-state index in [2.05, 4.69) is 6.55 Å². The van der Waals surface area contributed by atoms with Crippen molar-refractivity contribution in [2.24, 2.45) is 0 Å². The van der Waals surface area contributed by atoms with Crippen LogP contribution in [0.1, 0.15) is 30.6 Å². The predicted octanol–water partition coefficient (Wildman–Crippen LogP) is 3.38. The Morgan fingerprint density at radius 1 is 1.10 bits per heavy atom. The highest BCUT2D eigenvalue weighted by molar-refractivity contribution is 6.66. The molecule has 4 nitrogen and oxygen atoms in total. The molecule has 1 aromatic rings. The molecule has 0 bridgehead atoms. The minimum Gasteiger partial charge on any atom is -0.462 e. The van der Waals surface area contributed by atoms with Crippen molar-refractivity contribution in [2.45, 2.75) is 32.9 Å². The Labute approximate surface area is 122 Å². The Morgan fingerprint density at radius 2 is 1.70 bits per heavy atom. The predicted molar refractivity (Wildman–Crippen MR) is 81.0 cm³/mol.